The van der Waals surface area contributed by atoms with Crippen molar-refractivity contribution in [3.8, 4) is 0 Å². The number of hydrogen-bond donors (Lipinski definition) is 1. The first-order valence-electron chi connectivity index (χ1n) is 5.99. The van der Waals surface area contributed by atoms with Gasteiger partial charge in [0.05, 0.1) is 11.4 Å². The second-order valence-electron chi connectivity index (χ2n) is 4.40. The van der Waals surface area contributed by atoms with Gasteiger partial charge in [-0.05, 0) is 55.8 Å². The average molecular weight is 295 g/mol. The van der Waals surface area contributed by atoms with Crippen molar-refractivity contribution in [2.75, 3.05) is 5.43 Å². The van der Waals surface area contributed by atoms with Crippen LogP contribution >= 0.6 is 11.6 Å². The number of hydrogen-bond acceptors (Lipinski definition) is 2. The van der Waals surface area contributed by atoms with Gasteiger partial charge in [-0.25, -0.2) is 8.78 Å². The lowest BCUT2D eigenvalue weighted by Gasteiger charge is -2.07. The molecule has 1 N–H and O–H groups in total. The molecular formula is C15H13ClF2N2. The predicted octanol–water partition coefficient (Wildman–Crippen LogP) is 4.76. The molecule has 0 aliphatic rings. The Kier molecular flexibility index (Phi) is 4.35. The number of nitrogens with zero attached hydrogens (tertiary/aromatic N) is 1. The fourth-order valence-electron chi connectivity index (χ4n) is 1.68. The van der Waals surface area contributed by atoms with Crippen molar-refractivity contribution < 1.29 is 8.78 Å². The molecule has 20 heavy (non-hydrogen) atoms. The van der Waals surface area contributed by atoms with Gasteiger partial charge in [0.2, 0.25) is 0 Å². The van der Waals surface area contributed by atoms with Gasteiger partial charge in [0, 0.05) is 10.6 Å². The first-order valence-corrected chi connectivity index (χ1v) is 6.37. The first kappa shape index (κ1) is 14.5. The van der Waals surface area contributed by atoms with E-state index in [0.717, 1.165) is 23.4 Å². The van der Waals surface area contributed by atoms with E-state index >= 15 is 0 Å². The maximum Gasteiger partial charge on any atom is 0.159 e. The smallest absolute Gasteiger partial charge is 0.159 e. The first-order chi connectivity index (χ1) is 9.47. The summed E-state index contributed by atoms with van der Waals surface area (Å²) in [6, 6.07) is 9.04. The molecule has 0 aliphatic heterocycles. The second kappa shape index (κ2) is 6.01. The third kappa shape index (κ3) is 3.33. The number of aryl methyl sites for hydroxylation is 1. The number of hydrazone groups is 1. The zero-order valence-electron chi connectivity index (χ0n) is 11.0. The highest BCUT2D eigenvalue weighted by molar-refractivity contribution is 6.30. The topological polar surface area (TPSA) is 24.4 Å². The van der Waals surface area contributed by atoms with Gasteiger partial charge in [-0.3, -0.25) is 5.43 Å². The normalized spacial score (nSPS) is 11.6. The van der Waals surface area contributed by atoms with E-state index in [-0.39, 0.29) is 0 Å². The van der Waals surface area contributed by atoms with Gasteiger partial charge >= 0.3 is 0 Å². The number of rotatable bonds is 3. The summed E-state index contributed by atoms with van der Waals surface area (Å²) in [5.41, 5.74) is 5.70. The summed E-state index contributed by atoms with van der Waals surface area (Å²) in [5, 5.41) is 4.81. The van der Waals surface area contributed by atoms with Crippen LogP contribution in [0.1, 0.15) is 18.1 Å². The molecule has 0 saturated carbocycles. The van der Waals surface area contributed by atoms with Crippen molar-refractivity contribution in [1.82, 2.24) is 0 Å². The van der Waals surface area contributed by atoms with Gasteiger partial charge in [-0.1, -0.05) is 11.6 Å². The third-order valence-corrected chi connectivity index (χ3v) is 3.10. The molecule has 104 valence electrons. The Hall–Kier alpha value is -1.94. The van der Waals surface area contributed by atoms with E-state index in [4.69, 9.17) is 11.6 Å². The molecule has 0 bridgehead atoms. The van der Waals surface area contributed by atoms with Crippen LogP contribution in [0.2, 0.25) is 5.02 Å². The Morgan fingerprint density at radius 2 is 1.85 bits per heavy atom. The molecule has 2 aromatic carbocycles. The lowest BCUT2D eigenvalue weighted by molar-refractivity contribution is 0.508. The van der Waals surface area contributed by atoms with Crippen LogP contribution in [-0.2, 0) is 0 Å². The maximum atomic E-state index is 13.1. The highest BCUT2D eigenvalue weighted by Crippen LogP contribution is 2.19. The Balaban J connectivity index is 2.20. The molecule has 0 unspecified atom stereocenters. The minimum atomic E-state index is -0.889. The van der Waals surface area contributed by atoms with Crippen molar-refractivity contribution in [3.63, 3.8) is 0 Å². The summed E-state index contributed by atoms with van der Waals surface area (Å²) in [6.07, 6.45) is 0. The van der Waals surface area contributed by atoms with Gasteiger partial charge in [0.1, 0.15) is 0 Å². The minimum Gasteiger partial charge on any atom is -0.278 e. The molecule has 0 fully saturated rings. The zero-order chi connectivity index (χ0) is 14.7. The van der Waals surface area contributed by atoms with Crippen molar-refractivity contribution in [1.29, 1.82) is 0 Å². The summed E-state index contributed by atoms with van der Waals surface area (Å²) in [7, 11) is 0. The Bertz CT molecular complexity index is 669. The molecule has 0 aromatic heterocycles. The minimum absolute atomic E-state index is 0.517. The fraction of sp³-hybridized carbons (Fsp3) is 0.133. The Labute approximate surface area is 121 Å². The summed E-state index contributed by atoms with van der Waals surface area (Å²) in [5.74, 6) is -1.76. The van der Waals surface area contributed by atoms with Gasteiger partial charge in [0.15, 0.2) is 11.6 Å². The second-order valence-corrected chi connectivity index (χ2v) is 4.83. The standard InChI is InChI=1S/C15H13ClF2N2/c1-9-7-12(16)4-6-15(9)20-19-10(2)11-3-5-13(17)14(18)8-11/h3-8,20H,1-2H3/b19-10-. The predicted molar refractivity (Wildman–Crippen MR) is 78.4 cm³/mol. The van der Waals surface area contributed by atoms with Crippen LogP contribution < -0.4 is 5.43 Å². The molecule has 0 heterocycles. The van der Waals surface area contributed by atoms with Gasteiger partial charge in [-0.15, -0.1) is 0 Å². The van der Waals surface area contributed by atoms with E-state index in [2.05, 4.69) is 10.5 Å². The fourth-order valence-corrected chi connectivity index (χ4v) is 1.91. The van der Waals surface area contributed by atoms with Crippen LogP contribution in [0.3, 0.4) is 0 Å². The van der Waals surface area contributed by atoms with E-state index in [1.165, 1.54) is 6.07 Å². The van der Waals surface area contributed by atoms with Crippen molar-refractivity contribution in [2.45, 2.75) is 13.8 Å². The number of anilines is 1. The average Bonchev–Trinajstić information content (AvgIpc) is 2.40. The number of nitrogens with one attached hydrogen (secondary N) is 1. The van der Waals surface area contributed by atoms with E-state index in [1.54, 1.807) is 19.1 Å². The maximum absolute atomic E-state index is 13.1. The molecule has 5 heteroatoms. The van der Waals surface area contributed by atoms with Crippen LogP contribution in [0.15, 0.2) is 41.5 Å². The van der Waals surface area contributed by atoms with Crippen LogP contribution in [0.5, 0.6) is 0 Å². The number of benzene rings is 2. The zero-order valence-corrected chi connectivity index (χ0v) is 11.8. The Morgan fingerprint density at radius 3 is 2.50 bits per heavy atom. The molecule has 0 atom stereocenters. The third-order valence-electron chi connectivity index (χ3n) is 2.87. The molecule has 0 aliphatic carbocycles. The summed E-state index contributed by atoms with van der Waals surface area (Å²) in [6.45, 7) is 3.61. The Morgan fingerprint density at radius 1 is 1.10 bits per heavy atom. The van der Waals surface area contributed by atoms with Crippen molar-refractivity contribution in [3.05, 3.63) is 64.2 Å². The lowest BCUT2D eigenvalue weighted by atomic mass is 10.1. The van der Waals surface area contributed by atoms with Crippen LogP contribution in [-0.4, -0.2) is 5.71 Å². The van der Waals surface area contributed by atoms with Crippen LogP contribution in [0.4, 0.5) is 14.5 Å². The highest BCUT2D eigenvalue weighted by atomic mass is 35.5. The van der Waals surface area contributed by atoms with Crippen molar-refractivity contribution >= 4 is 23.0 Å². The molecule has 2 nitrogen and oxygen atoms in total. The van der Waals surface area contributed by atoms with Crippen LogP contribution in [0, 0.1) is 18.6 Å². The molecule has 0 spiro atoms. The lowest BCUT2D eigenvalue weighted by Crippen LogP contribution is -2.01. The molecule has 2 rings (SSSR count). The summed E-state index contributed by atoms with van der Waals surface area (Å²) in [4.78, 5) is 0. The monoisotopic (exact) mass is 294 g/mol. The van der Waals surface area contributed by atoms with Crippen LogP contribution in [0.25, 0.3) is 0 Å². The molecule has 2 aromatic rings. The quantitative estimate of drug-likeness (QED) is 0.640. The molecular weight excluding hydrogens is 282 g/mol. The van der Waals surface area contributed by atoms with Gasteiger partial charge < -0.3 is 0 Å². The highest BCUT2D eigenvalue weighted by Gasteiger charge is 2.05. The summed E-state index contributed by atoms with van der Waals surface area (Å²) >= 11 is 5.87. The summed E-state index contributed by atoms with van der Waals surface area (Å²) < 4.78 is 26.0. The van der Waals surface area contributed by atoms with Crippen molar-refractivity contribution in [2.24, 2.45) is 5.10 Å². The van der Waals surface area contributed by atoms with E-state index in [1.807, 2.05) is 13.0 Å². The largest absolute Gasteiger partial charge is 0.278 e. The van der Waals surface area contributed by atoms with E-state index in [9.17, 15) is 8.78 Å². The van der Waals surface area contributed by atoms with E-state index in [0.29, 0.717) is 16.3 Å². The van der Waals surface area contributed by atoms with Gasteiger partial charge in [-0.2, -0.15) is 5.10 Å². The van der Waals surface area contributed by atoms with E-state index < -0.39 is 11.6 Å². The molecule has 0 radical (unpaired) electrons. The molecule has 0 saturated heterocycles. The number of halogens is 3. The SMILES string of the molecule is C/C(=N/Nc1ccc(Cl)cc1C)c1ccc(F)c(F)c1. The van der Waals surface area contributed by atoms with Gasteiger partial charge in [0.25, 0.3) is 0 Å². The molecule has 0 amide bonds.